The Kier molecular flexibility index (Phi) is 24.8. The summed E-state index contributed by atoms with van der Waals surface area (Å²) < 4.78 is 0. The number of hydrogen-bond donors (Lipinski definition) is 1. The van der Waals surface area contributed by atoms with E-state index in [4.69, 9.17) is 0 Å². The lowest BCUT2D eigenvalue weighted by Crippen LogP contribution is -2.33. The maximum absolute atomic E-state index is 3.69. The molecule has 0 heterocycles. The summed E-state index contributed by atoms with van der Waals surface area (Å²) in [5.74, 6) is 0. The van der Waals surface area contributed by atoms with Crippen LogP contribution < -0.4 is 5.23 Å². The highest BCUT2D eigenvalue weighted by atomic mass is 14.7. The van der Waals surface area contributed by atoms with Gasteiger partial charge in [0.1, 0.15) is 7.28 Å². The van der Waals surface area contributed by atoms with Gasteiger partial charge in [0.15, 0.2) is 7.31 Å². The molecule has 2 aliphatic carbocycles. The van der Waals surface area contributed by atoms with Crippen molar-refractivity contribution in [2.24, 2.45) is 0 Å². The fourth-order valence-corrected chi connectivity index (χ4v) is 9.00. The zero-order chi connectivity index (χ0) is 33.1. The first-order chi connectivity index (χ1) is 22.4. The summed E-state index contributed by atoms with van der Waals surface area (Å²) in [6, 6.07) is 0. The summed E-state index contributed by atoms with van der Waals surface area (Å²) in [5.41, 5.74) is 0. The molecule has 0 saturated heterocycles. The number of hydrogen-bond acceptors (Lipinski definition) is 1. The van der Waals surface area contributed by atoms with Crippen molar-refractivity contribution in [1.29, 1.82) is 0 Å². The smallest absolute Gasteiger partial charge is 0.156 e. The molecule has 1 N–H and O–H groups in total. The third-order valence-corrected chi connectivity index (χ3v) is 12.2. The van der Waals surface area contributed by atoms with Gasteiger partial charge in [-0.1, -0.05) is 256 Å². The molecule has 0 aliphatic heterocycles. The van der Waals surface area contributed by atoms with E-state index in [1.165, 1.54) is 218 Å². The molecule has 1 nitrogen and oxygen atoms in total. The van der Waals surface area contributed by atoms with E-state index in [0.717, 1.165) is 6.54 Å². The summed E-state index contributed by atoms with van der Waals surface area (Å²) in [6.45, 7) is 11.4. The van der Waals surface area contributed by atoms with E-state index in [9.17, 15) is 0 Å². The topological polar surface area (TPSA) is 12.0 Å². The molecule has 1 atom stereocenters. The Hall–Kier alpha value is 0.155. The molecule has 2 fully saturated rings. The van der Waals surface area contributed by atoms with Crippen molar-refractivity contribution >= 4 is 21.8 Å². The maximum atomic E-state index is 3.69. The lowest BCUT2D eigenvalue weighted by Gasteiger charge is -2.40. The molecule has 0 aromatic rings. The summed E-state index contributed by atoms with van der Waals surface area (Å²) >= 11 is 0. The second-order valence-corrected chi connectivity index (χ2v) is 17.4. The van der Waals surface area contributed by atoms with Gasteiger partial charge in [0, 0.05) is 0 Å². The van der Waals surface area contributed by atoms with Crippen molar-refractivity contribution in [3.05, 3.63) is 0 Å². The zero-order valence-corrected chi connectivity index (χ0v) is 32.5. The highest BCUT2D eigenvalue weighted by Crippen LogP contribution is 2.49. The molecule has 2 aliphatic rings. The summed E-state index contributed by atoms with van der Waals surface area (Å²) in [7, 11) is 7.81. The zero-order valence-electron chi connectivity index (χ0n) is 32.5. The maximum Gasteiger partial charge on any atom is 0.156 e. The van der Waals surface area contributed by atoms with Crippen LogP contribution in [0.3, 0.4) is 0 Å². The third kappa shape index (κ3) is 22.0. The Labute approximate surface area is 294 Å². The van der Waals surface area contributed by atoms with Gasteiger partial charge < -0.3 is 5.23 Å². The van der Waals surface area contributed by atoms with Gasteiger partial charge in [0.2, 0.25) is 0 Å². The lowest BCUT2D eigenvalue weighted by molar-refractivity contribution is 0.402. The molecule has 0 spiro atoms. The fourth-order valence-electron chi connectivity index (χ4n) is 9.00. The highest BCUT2D eigenvalue weighted by Gasteiger charge is 2.35. The van der Waals surface area contributed by atoms with Crippen LogP contribution in [0.25, 0.3) is 0 Å². The molecule has 0 aromatic heterocycles. The van der Waals surface area contributed by atoms with Crippen molar-refractivity contribution in [2.75, 3.05) is 6.54 Å². The second-order valence-electron chi connectivity index (χ2n) is 17.4. The fraction of sp³-hybridized carbons (Fsp3) is 1.00. The van der Waals surface area contributed by atoms with Crippen LogP contribution in [0, 0.1) is 0 Å². The Balaban J connectivity index is 1.72. The summed E-state index contributed by atoms with van der Waals surface area (Å²) in [5, 5.41) is 4.93. The molecule has 0 amide bonds. The Morgan fingerprint density at radius 3 is 1.28 bits per heavy atom. The van der Waals surface area contributed by atoms with Crippen molar-refractivity contribution in [2.45, 2.75) is 262 Å². The van der Waals surface area contributed by atoms with Crippen molar-refractivity contribution in [1.82, 2.24) is 5.23 Å². The molecule has 265 valence electrons. The standard InChI is InChI=1S/C42H83B3N/c1-5-6-33-40(2,43-41(3)35-27-21-17-13-10-8-7-9-11-14-18-22-28-36-41)34-29-25-26-32-39-46-45-44-42(4)37-30-23-19-15-12-16-20-24-31-38-42/h46H,5-39H2,1-4H3. The Bertz CT molecular complexity index is 656. The van der Waals surface area contributed by atoms with E-state index in [0.29, 0.717) is 15.9 Å². The predicted octanol–water partition coefficient (Wildman–Crippen LogP) is 14.4. The average molecular weight is 635 g/mol. The lowest BCUT2D eigenvalue weighted by atomic mass is 9.32. The van der Waals surface area contributed by atoms with E-state index in [1.807, 2.05) is 0 Å². The molecule has 4 heteroatoms. The first kappa shape index (κ1) is 42.3. The second kappa shape index (κ2) is 26.9. The van der Waals surface area contributed by atoms with Crippen LogP contribution in [0.2, 0.25) is 15.9 Å². The SMILES string of the molecule is CCCCC(C)([B]C1(C)CCCCCCCCCCCCCCC1)CCCCCCN[B][B]C1(C)CCCCCCCCCCC1. The van der Waals surface area contributed by atoms with Gasteiger partial charge >= 0.3 is 0 Å². The first-order valence-corrected chi connectivity index (χ1v) is 21.7. The van der Waals surface area contributed by atoms with Gasteiger partial charge in [-0.3, -0.25) is 0 Å². The van der Waals surface area contributed by atoms with Gasteiger partial charge in [0.05, 0.1) is 7.17 Å². The Morgan fingerprint density at radius 2 is 0.848 bits per heavy atom. The summed E-state index contributed by atoms with van der Waals surface area (Å²) in [6.07, 6.45) is 48.7. The minimum Gasteiger partial charge on any atom is -0.368 e. The van der Waals surface area contributed by atoms with Crippen molar-refractivity contribution in [3.63, 3.8) is 0 Å². The van der Waals surface area contributed by atoms with Crippen molar-refractivity contribution in [3.8, 4) is 0 Å². The first-order valence-electron chi connectivity index (χ1n) is 21.7. The van der Waals surface area contributed by atoms with Crippen LogP contribution in [-0.2, 0) is 0 Å². The minimum atomic E-state index is 0.396. The van der Waals surface area contributed by atoms with E-state index >= 15 is 0 Å². The monoisotopic (exact) mass is 635 g/mol. The molecular formula is C42H83B3N. The third-order valence-electron chi connectivity index (χ3n) is 12.2. The van der Waals surface area contributed by atoms with Gasteiger partial charge in [-0.2, -0.15) is 0 Å². The van der Waals surface area contributed by atoms with E-state index in [2.05, 4.69) is 54.7 Å². The van der Waals surface area contributed by atoms with Crippen LogP contribution in [0.15, 0.2) is 0 Å². The van der Waals surface area contributed by atoms with Crippen LogP contribution >= 0.6 is 0 Å². The van der Waals surface area contributed by atoms with Gasteiger partial charge in [-0.15, -0.1) is 0 Å². The number of nitrogens with one attached hydrogen (secondary N) is 1. The Morgan fingerprint density at radius 1 is 0.478 bits per heavy atom. The number of unbranched alkanes of at least 4 members (excludes halogenated alkanes) is 4. The molecule has 0 bridgehead atoms. The van der Waals surface area contributed by atoms with Crippen molar-refractivity contribution < 1.29 is 0 Å². The van der Waals surface area contributed by atoms with Gasteiger partial charge in [-0.25, -0.2) is 0 Å². The highest BCUT2D eigenvalue weighted by molar-refractivity contribution is 7.00. The largest absolute Gasteiger partial charge is 0.368 e. The molecule has 0 aromatic carbocycles. The molecule has 2 rings (SSSR count). The number of rotatable bonds is 15. The average Bonchev–Trinajstić information content (AvgIpc) is 3.02. The molecule has 46 heavy (non-hydrogen) atoms. The van der Waals surface area contributed by atoms with Gasteiger partial charge in [0.25, 0.3) is 0 Å². The van der Waals surface area contributed by atoms with Crippen LogP contribution in [0.5, 0.6) is 0 Å². The normalized spacial score (nSPS) is 23.2. The van der Waals surface area contributed by atoms with Gasteiger partial charge in [-0.05, 0) is 13.0 Å². The van der Waals surface area contributed by atoms with Crippen LogP contribution in [0.1, 0.15) is 246 Å². The van der Waals surface area contributed by atoms with E-state index < -0.39 is 0 Å². The molecule has 2 saturated carbocycles. The van der Waals surface area contributed by atoms with E-state index in [-0.39, 0.29) is 0 Å². The molecule has 3 radical (unpaired) electrons. The minimum absolute atomic E-state index is 0.396. The predicted molar refractivity (Wildman–Crippen MR) is 213 cm³/mol. The van der Waals surface area contributed by atoms with Crippen LogP contribution in [-0.4, -0.2) is 28.3 Å². The quantitative estimate of drug-likeness (QED) is 0.140. The molecule has 1 unspecified atom stereocenters. The molecular weight excluding hydrogens is 551 g/mol. The van der Waals surface area contributed by atoms with E-state index in [1.54, 1.807) is 0 Å². The summed E-state index contributed by atoms with van der Waals surface area (Å²) in [4.78, 5) is 0. The van der Waals surface area contributed by atoms with Crippen LogP contribution in [0.4, 0.5) is 0 Å².